The Morgan fingerprint density at radius 2 is 2.36 bits per heavy atom. The molecule has 0 amide bonds. The molecule has 56 valence electrons. The number of nitrogens with zero attached hydrogens (tertiary/aromatic N) is 2. The highest BCUT2D eigenvalue weighted by atomic mass is 15.4. The fraction of sp³-hybridized carbons (Fsp3) is 0.125. The third-order valence-corrected chi connectivity index (χ3v) is 1.70. The van der Waals surface area contributed by atoms with E-state index < -0.39 is 0 Å². The van der Waals surface area contributed by atoms with Crippen LogP contribution in [0.5, 0.6) is 0 Å². The summed E-state index contributed by atoms with van der Waals surface area (Å²) in [6.45, 7) is 0. The van der Waals surface area contributed by atoms with Gasteiger partial charge in [-0.15, -0.1) is 0 Å². The number of hydrogen-bond acceptors (Lipinski definition) is 2. The molecule has 0 saturated heterocycles. The Kier molecular flexibility index (Phi) is 1.28. The lowest BCUT2D eigenvalue weighted by molar-refractivity contribution is 0.975. The second kappa shape index (κ2) is 2.27. The van der Waals surface area contributed by atoms with Gasteiger partial charge in [0, 0.05) is 19.4 Å². The number of aromatic nitrogens is 2. The predicted molar refractivity (Wildman–Crippen MR) is 45.0 cm³/mol. The molecule has 0 bridgehead atoms. The van der Waals surface area contributed by atoms with Crippen LogP contribution in [0.3, 0.4) is 0 Å². The van der Waals surface area contributed by atoms with Gasteiger partial charge in [0.25, 0.3) is 0 Å². The molecule has 0 fully saturated rings. The zero-order chi connectivity index (χ0) is 7.68. The van der Waals surface area contributed by atoms with Crippen molar-refractivity contribution in [3.63, 3.8) is 0 Å². The van der Waals surface area contributed by atoms with E-state index >= 15 is 0 Å². The minimum absolute atomic E-state index is 1.02. The van der Waals surface area contributed by atoms with Crippen molar-refractivity contribution in [2.75, 3.05) is 12.5 Å². The average molecular weight is 147 g/mol. The fourth-order valence-electron chi connectivity index (χ4n) is 1.16. The van der Waals surface area contributed by atoms with Crippen LogP contribution in [-0.2, 0) is 0 Å². The van der Waals surface area contributed by atoms with E-state index in [1.165, 1.54) is 0 Å². The molecule has 3 heteroatoms. The lowest BCUT2D eigenvalue weighted by Crippen LogP contribution is -2.05. The van der Waals surface area contributed by atoms with Gasteiger partial charge in [-0.2, -0.15) is 0 Å². The zero-order valence-electron chi connectivity index (χ0n) is 6.28. The molecule has 2 aromatic rings. The maximum absolute atomic E-state index is 4.19. The second-order valence-electron chi connectivity index (χ2n) is 2.32. The van der Waals surface area contributed by atoms with Gasteiger partial charge in [0.05, 0.1) is 11.0 Å². The van der Waals surface area contributed by atoms with Crippen LogP contribution >= 0.6 is 0 Å². The molecule has 0 radical (unpaired) electrons. The first-order chi connectivity index (χ1) is 5.42. The SMILES string of the molecule is CNn1ccc2ncccc21. The van der Waals surface area contributed by atoms with Gasteiger partial charge in [-0.3, -0.25) is 9.66 Å². The molecule has 0 unspecified atom stereocenters. The molecule has 0 aliphatic rings. The van der Waals surface area contributed by atoms with E-state index in [2.05, 4.69) is 10.4 Å². The van der Waals surface area contributed by atoms with Crippen molar-refractivity contribution in [2.24, 2.45) is 0 Å². The van der Waals surface area contributed by atoms with Crippen LogP contribution in [0.2, 0.25) is 0 Å². The Balaban J connectivity index is 2.76. The van der Waals surface area contributed by atoms with Crippen molar-refractivity contribution >= 4 is 11.0 Å². The molecule has 2 aromatic heterocycles. The predicted octanol–water partition coefficient (Wildman–Crippen LogP) is 1.21. The van der Waals surface area contributed by atoms with E-state index in [4.69, 9.17) is 0 Å². The van der Waals surface area contributed by atoms with Gasteiger partial charge in [-0.25, -0.2) is 0 Å². The number of hydrogen-bond donors (Lipinski definition) is 1. The van der Waals surface area contributed by atoms with E-state index in [9.17, 15) is 0 Å². The summed E-state index contributed by atoms with van der Waals surface area (Å²) in [5.74, 6) is 0. The molecular weight excluding hydrogens is 138 g/mol. The van der Waals surface area contributed by atoms with Crippen LogP contribution in [0.1, 0.15) is 0 Å². The minimum atomic E-state index is 1.02. The van der Waals surface area contributed by atoms with Crippen molar-refractivity contribution in [1.29, 1.82) is 0 Å². The molecule has 0 atom stereocenters. The summed E-state index contributed by atoms with van der Waals surface area (Å²) < 4.78 is 1.93. The molecule has 0 aliphatic carbocycles. The van der Waals surface area contributed by atoms with Crippen LogP contribution < -0.4 is 5.43 Å². The van der Waals surface area contributed by atoms with Crippen LogP contribution in [0.15, 0.2) is 30.6 Å². The summed E-state index contributed by atoms with van der Waals surface area (Å²) in [5.41, 5.74) is 5.15. The van der Waals surface area contributed by atoms with Crippen LogP contribution in [-0.4, -0.2) is 16.7 Å². The molecular formula is C8H9N3. The first kappa shape index (κ1) is 6.22. The highest BCUT2D eigenvalue weighted by Crippen LogP contribution is 2.09. The Morgan fingerprint density at radius 3 is 3.18 bits per heavy atom. The highest BCUT2D eigenvalue weighted by Gasteiger charge is 1.96. The topological polar surface area (TPSA) is 29.9 Å². The van der Waals surface area contributed by atoms with Crippen LogP contribution in [0, 0.1) is 0 Å². The summed E-state index contributed by atoms with van der Waals surface area (Å²) in [5, 5.41) is 0. The van der Waals surface area contributed by atoms with Crippen LogP contribution in [0.25, 0.3) is 11.0 Å². The molecule has 0 aromatic carbocycles. The molecule has 1 N–H and O–H groups in total. The lowest BCUT2D eigenvalue weighted by Gasteiger charge is -2.00. The molecule has 2 rings (SSSR count). The van der Waals surface area contributed by atoms with E-state index in [-0.39, 0.29) is 0 Å². The number of pyridine rings is 1. The summed E-state index contributed by atoms with van der Waals surface area (Å²) in [7, 11) is 1.88. The summed E-state index contributed by atoms with van der Waals surface area (Å²) in [4.78, 5) is 4.19. The van der Waals surface area contributed by atoms with E-state index in [1.807, 2.05) is 36.1 Å². The highest BCUT2D eigenvalue weighted by molar-refractivity contribution is 5.75. The maximum Gasteiger partial charge on any atom is 0.0901 e. The lowest BCUT2D eigenvalue weighted by atomic mass is 10.4. The van der Waals surface area contributed by atoms with E-state index in [1.54, 1.807) is 6.20 Å². The number of fused-ring (bicyclic) bond motifs is 1. The smallest absolute Gasteiger partial charge is 0.0901 e. The second-order valence-corrected chi connectivity index (χ2v) is 2.32. The first-order valence-corrected chi connectivity index (χ1v) is 3.51. The molecule has 0 aliphatic heterocycles. The van der Waals surface area contributed by atoms with E-state index in [0.717, 1.165) is 11.0 Å². The summed E-state index contributed by atoms with van der Waals surface area (Å²) in [6.07, 6.45) is 3.75. The third-order valence-electron chi connectivity index (χ3n) is 1.70. The van der Waals surface area contributed by atoms with Gasteiger partial charge in [-0.05, 0) is 18.2 Å². The van der Waals surface area contributed by atoms with Crippen molar-refractivity contribution < 1.29 is 0 Å². The molecule has 2 heterocycles. The summed E-state index contributed by atoms with van der Waals surface area (Å²) >= 11 is 0. The quantitative estimate of drug-likeness (QED) is 0.657. The normalized spacial score (nSPS) is 10.3. The molecule has 0 saturated carbocycles. The van der Waals surface area contributed by atoms with Gasteiger partial charge >= 0.3 is 0 Å². The number of nitrogens with one attached hydrogen (secondary N) is 1. The fourth-order valence-corrected chi connectivity index (χ4v) is 1.16. The summed E-state index contributed by atoms with van der Waals surface area (Å²) in [6, 6.07) is 5.93. The molecule has 0 spiro atoms. The van der Waals surface area contributed by atoms with Gasteiger partial charge in [0.1, 0.15) is 0 Å². The third kappa shape index (κ3) is 0.852. The monoisotopic (exact) mass is 147 g/mol. The first-order valence-electron chi connectivity index (χ1n) is 3.51. The largest absolute Gasteiger partial charge is 0.329 e. The number of rotatable bonds is 1. The standard InChI is InChI=1S/C8H9N3/c1-9-11-6-4-7-8(11)3-2-5-10-7/h2-6,9H,1H3. The molecule has 11 heavy (non-hydrogen) atoms. The Hall–Kier alpha value is -1.51. The van der Waals surface area contributed by atoms with Gasteiger partial charge < -0.3 is 5.43 Å². The molecule has 3 nitrogen and oxygen atoms in total. The van der Waals surface area contributed by atoms with Crippen molar-refractivity contribution in [3.8, 4) is 0 Å². The Labute approximate surface area is 64.6 Å². The van der Waals surface area contributed by atoms with Crippen molar-refractivity contribution in [2.45, 2.75) is 0 Å². The zero-order valence-corrected chi connectivity index (χ0v) is 6.28. The van der Waals surface area contributed by atoms with Gasteiger partial charge in [-0.1, -0.05) is 0 Å². The maximum atomic E-state index is 4.19. The van der Waals surface area contributed by atoms with Crippen LogP contribution in [0.4, 0.5) is 0 Å². The average Bonchev–Trinajstić information content (AvgIpc) is 2.47. The van der Waals surface area contributed by atoms with Crippen molar-refractivity contribution in [1.82, 2.24) is 9.66 Å². The van der Waals surface area contributed by atoms with Gasteiger partial charge in [0.2, 0.25) is 0 Å². The van der Waals surface area contributed by atoms with E-state index in [0.29, 0.717) is 0 Å². The minimum Gasteiger partial charge on any atom is -0.329 e. The van der Waals surface area contributed by atoms with Gasteiger partial charge in [0.15, 0.2) is 0 Å². The Morgan fingerprint density at radius 1 is 1.45 bits per heavy atom. The Bertz CT molecular complexity index is 364. The van der Waals surface area contributed by atoms with Crippen molar-refractivity contribution in [3.05, 3.63) is 30.6 Å².